The molecule has 2 aliphatic heterocycles. The predicted molar refractivity (Wildman–Crippen MR) is 63.9 cm³/mol. The SMILES string of the molecule is Cc1ccc2c(n1)NC1(CCOCC1)CN2. The summed E-state index contributed by atoms with van der Waals surface area (Å²) in [6, 6.07) is 4.13. The van der Waals surface area contributed by atoms with Gasteiger partial charge in [0.05, 0.1) is 11.2 Å². The van der Waals surface area contributed by atoms with Crippen LogP contribution in [0.15, 0.2) is 12.1 Å². The van der Waals surface area contributed by atoms with E-state index >= 15 is 0 Å². The van der Waals surface area contributed by atoms with Crippen molar-refractivity contribution >= 4 is 11.5 Å². The third-order valence-electron chi connectivity index (χ3n) is 3.49. The van der Waals surface area contributed by atoms with Gasteiger partial charge in [-0.1, -0.05) is 0 Å². The number of rotatable bonds is 0. The maximum Gasteiger partial charge on any atom is 0.150 e. The molecule has 0 bridgehead atoms. The number of pyridine rings is 1. The molecular weight excluding hydrogens is 202 g/mol. The molecule has 1 aromatic rings. The summed E-state index contributed by atoms with van der Waals surface area (Å²) in [7, 11) is 0. The average molecular weight is 219 g/mol. The number of nitrogens with zero attached hydrogens (tertiary/aromatic N) is 1. The summed E-state index contributed by atoms with van der Waals surface area (Å²) in [5, 5.41) is 7.07. The highest BCUT2D eigenvalue weighted by Crippen LogP contribution is 2.33. The fourth-order valence-corrected chi connectivity index (χ4v) is 2.42. The second-order valence-corrected chi connectivity index (χ2v) is 4.72. The van der Waals surface area contributed by atoms with E-state index < -0.39 is 0 Å². The zero-order valence-electron chi connectivity index (χ0n) is 9.55. The Morgan fingerprint density at radius 2 is 2.12 bits per heavy atom. The lowest BCUT2D eigenvalue weighted by Gasteiger charge is -2.42. The summed E-state index contributed by atoms with van der Waals surface area (Å²) >= 11 is 0. The van der Waals surface area contributed by atoms with Gasteiger partial charge in [-0.05, 0) is 31.9 Å². The van der Waals surface area contributed by atoms with Crippen LogP contribution in [-0.4, -0.2) is 30.3 Å². The number of hydrogen-bond acceptors (Lipinski definition) is 4. The monoisotopic (exact) mass is 219 g/mol. The van der Waals surface area contributed by atoms with Crippen molar-refractivity contribution in [3.63, 3.8) is 0 Å². The predicted octanol–water partition coefficient (Wildman–Crippen LogP) is 1.78. The van der Waals surface area contributed by atoms with Crippen molar-refractivity contribution < 1.29 is 4.74 Å². The standard InChI is InChI=1S/C12H17N3O/c1-9-2-3-10-11(14-9)15-12(8-13-10)4-6-16-7-5-12/h2-3,13H,4-8H2,1H3,(H,14,15). The number of hydrogen-bond donors (Lipinski definition) is 2. The molecule has 1 fully saturated rings. The summed E-state index contributed by atoms with van der Waals surface area (Å²) < 4.78 is 5.42. The topological polar surface area (TPSA) is 46.2 Å². The van der Waals surface area contributed by atoms with Crippen LogP contribution >= 0.6 is 0 Å². The van der Waals surface area contributed by atoms with Crippen molar-refractivity contribution in [3.8, 4) is 0 Å². The van der Waals surface area contributed by atoms with E-state index in [2.05, 4.69) is 21.7 Å². The third kappa shape index (κ3) is 1.63. The molecule has 1 saturated heterocycles. The molecule has 0 atom stereocenters. The molecule has 0 radical (unpaired) electrons. The van der Waals surface area contributed by atoms with E-state index in [-0.39, 0.29) is 5.54 Å². The van der Waals surface area contributed by atoms with Crippen LogP contribution in [0.2, 0.25) is 0 Å². The molecule has 3 rings (SSSR count). The van der Waals surface area contributed by atoms with Crippen LogP contribution in [-0.2, 0) is 4.74 Å². The highest BCUT2D eigenvalue weighted by molar-refractivity contribution is 5.68. The van der Waals surface area contributed by atoms with Gasteiger partial charge >= 0.3 is 0 Å². The molecule has 0 unspecified atom stereocenters. The molecule has 0 amide bonds. The summed E-state index contributed by atoms with van der Waals surface area (Å²) in [5.41, 5.74) is 2.31. The van der Waals surface area contributed by atoms with Gasteiger partial charge in [0, 0.05) is 25.5 Å². The van der Waals surface area contributed by atoms with Gasteiger partial charge in [-0.2, -0.15) is 0 Å². The van der Waals surface area contributed by atoms with Gasteiger partial charge in [0.2, 0.25) is 0 Å². The minimum absolute atomic E-state index is 0.145. The van der Waals surface area contributed by atoms with E-state index in [1.165, 1.54) is 0 Å². The van der Waals surface area contributed by atoms with E-state index in [4.69, 9.17) is 4.74 Å². The fourth-order valence-electron chi connectivity index (χ4n) is 2.42. The summed E-state index contributed by atoms with van der Waals surface area (Å²) in [4.78, 5) is 4.55. The summed E-state index contributed by atoms with van der Waals surface area (Å²) in [5.74, 6) is 0.994. The third-order valence-corrected chi connectivity index (χ3v) is 3.49. The van der Waals surface area contributed by atoms with Gasteiger partial charge in [0.1, 0.15) is 5.82 Å². The lowest BCUT2D eigenvalue weighted by Crippen LogP contribution is -2.51. The van der Waals surface area contributed by atoms with Crippen molar-refractivity contribution in [1.82, 2.24) is 4.98 Å². The lowest BCUT2D eigenvalue weighted by molar-refractivity contribution is 0.0633. The lowest BCUT2D eigenvalue weighted by atomic mass is 9.88. The Morgan fingerprint density at radius 3 is 2.94 bits per heavy atom. The van der Waals surface area contributed by atoms with Gasteiger partial charge in [-0.25, -0.2) is 4.98 Å². The van der Waals surface area contributed by atoms with Crippen molar-refractivity contribution in [3.05, 3.63) is 17.8 Å². The van der Waals surface area contributed by atoms with E-state index in [0.29, 0.717) is 0 Å². The normalized spacial score (nSPS) is 22.1. The van der Waals surface area contributed by atoms with Gasteiger partial charge in [-0.15, -0.1) is 0 Å². The molecule has 16 heavy (non-hydrogen) atoms. The Bertz CT molecular complexity index is 399. The summed E-state index contributed by atoms with van der Waals surface area (Å²) in [6.45, 7) is 4.67. The fraction of sp³-hybridized carbons (Fsp3) is 0.583. The molecule has 0 aromatic carbocycles. The van der Waals surface area contributed by atoms with Crippen LogP contribution < -0.4 is 10.6 Å². The zero-order valence-corrected chi connectivity index (χ0v) is 9.55. The number of aryl methyl sites for hydroxylation is 1. The van der Waals surface area contributed by atoms with Crippen LogP contribution in [0.1, 0.15) is 18.5 Å². The highest BCUT2D eigenvalue weighted by Gasteiger charge is 2.36. The quantitative estimate of drug-likeness (QED) is 0.698. The molecule has 2 aliphatic rings. The van der Waals surface area contributed by atoms with Gasteiger partial charge in [-0.3, -0.25) is 0 Å². The molecule has 86 valence electrons. The van der Waals surface area contributed by atoms with Crippen LogP contribution in [0.25, 0.3) is 0 Å². The Hall–Kier alpha value is -1.29. The van der Waals surface area contributed by atoms with Crippen molar-refractivity contribution in [2.75, 3.05) is 30.4 Å². The Balaban J connectivity index is 1.89. The first-order valence-electron chi connectivity index (χ1n) is 5.85. The zero-order chi connectivity index (χ0) is 11.0. The molecule has 4 nitrogen and oxygen atoms in total. The molecule has 4 heteroatoms. The molecular formula is C12H17N3O. The highest BCUT2D eigenvalue weighted by atomic mass is 16.5. The Morgan fingerprint density at radius 1 is 1.31 bits per heavy atom. The number of nitrogens with one attached hydrogen (secondary N) is 2. The van der Waals surface area contributed by atoms with E-state index in [1.807, 2.05) is 13.0 Å². The maximum absolute atomic E-state index is 5.42. The minimum Gasteiger partial charge on any atom is -0.381 e. The first-order chi connectivity index (χ1) is 7.77. The van der Waals surface area contributed by atoms with E-state index in [0.717, 1.165) is 49.8 Å². The van der Waals surface area contributed by atoms with Gasteiger partial charge in [0.25, 0.3) is 0 Å². The Kier molecular flexibility index (Phi) is 2.24. The first kappa shape index (κ1) is 9.90. The molecule has 1 spiro atoms. The van der Waals surface area contributed by atoms with Crippen LogP contribution in [0.4, 0.5) is 11.5 Å². The van der Waals surface area contributed by atoms with Crippen LogP contribution in [0, 0.1) is 6.92 Å². The Labute approximate surface area is 95.4 Å². The van der Waals surface area contributed by atoms with Crippen molar-refractivity contribution in [2.24, 2.45) is 0 Å². The van der Waals surface area contributed by atoms with E-state index in [1.54, 1.807) is 0 Å². The summed E-state index contributed by atoms with van der Waals surface area (Å²) in [6.07, 6.45) is 2.10. The first-order valence-corrected chi connectivity index (χ1v) is 5.85. The molecule has 3 heterocycles. The van der Waals surface area contributed by atoms with Gasteiger partial charge < -0.3 is 15.4 Å². The largest absolute Gasteiger partial charge is 0.381 e. The van der Waals surface area contributed by atoms with Crippen LogP contribution in [0.5, 0.6) is 0 Å². The van der Waals surface area contributed by atoms with Crippen molar-refractivity contribution in [1.29, 1.82) is 0 Å². The number of anilines is 2. The second-order valence-electron chi connectivity index (χ2n) is 4.72. The van der Waals surface area contributed by atoms with Crippen LogP contribution in [0.3, 0.4) is 0 Å². The smallest absolute Gasteiger partial charge is 0.150 e. The average Bonchev–Trinajstić information content (AvgIpc) is 2.29. The van der Waals surface area contributed by atoms with E-state index in [9.17, 15) is 0 Å². The molecule has 2 N–H and O–H groups in total. The van der Waals surface area contributed by atoms with Gasteiger partial charge in [0.15, 0.2) is 0 Å². The maximum atomic E-state index is 5.42. The molecule has 0 aliphatic carbocycles. The number of fused-ring (bicyclic) bond motifs is 1. The number of ether oxygens (including phenoxy) is 1. The minimum atomic E-state index is 0.145. The molecule has 0 saturated carbocycles. The molecule has 1 aromatic heterocycles. The second kappa shape index (κ2) is 3.63. The number of aromatic nitrogens is 1. The van der Waals surface area contributed by atoms with Crippen molar-refractivity contribution in [2.45, 2.75) is 25.3 Å².